The first-order valence-corrected chi connectivity index (χ1v) is 6.05. The average Bonchev–Trinajstić information content (AvgIpc) is 2.48. The molecule has 1 aromatic carbocycles. The van der Waals surface area contributed by atoms with E-state index in [4.69, 9.17) is 10.00 Å². The lowest BCUT2D eigenvalue weighted by atomic mass is 9.87. The first-order valence-electron chi connectivity index (χ1n) is 6.05. The summed E-state index contributed by atoms with van der Waals surface area (Å²) in [6, 6.07) is 1.92. The first kappa shape index (κ1) is 14.6. The van der Waals surface area contributed by atoms with E-state index < -0.39 is 46.9 Å². The Hall–Kier alpha value is -1.84. The van der Waals surface area contributed by atoms with Gasteiger partial charge in [0.15, 0.2) is 5.75 Å². The predicted molar refractivity (Wildman–Crippen MR) is 58.2 cm³/mol. The molecular weight excluding hydrogens is 281 g/mol. The number of hydrogen-bond donors (Lipinski definition) is 0. The van der Waals surface area contributed by atoms with Gasteiger partial charge in [-0.25, -0.2) is 13.2 Å². The van der Waals surface area contributed by atoms with Gasteiger partial charge in [0.05, 0.1) is 12.0 Å². The van der Waals surface area contributed by atoms with Crippen molar-refractivity contribution in [3.63, 3.8) is 0 Å². The fourth-order valence-electron chi connectivity index (χ4n) is 2.23. The molecule has 0 spiro atoms. The number of ether oxygens (including phenoxy) is 1. The molecule has 1 aliphatic carbocycles. The van der Waals surface area contributed by atoms with Crippen LogP contribution in [0.25, 0.3) is 0 Å². The second-order valence-electron chi connectivity index (χ2n) is 4.58. The highest BCUT2D eigenvalue weighted by atomic mass is 19.2. The zero-order valence-corrected chi connectivity index (χ0v) is 10.2. The molecule has 1 saturated carbocycles. The van der Waals surface area contributed by atoms with Crippen LogP contribution in [0.2, 0.25) is 0 Å². The van der Waals surface area contributed by atoms with Gasteiger partial charge in [-0.15, -0.1) is 0 Å². The topological polar surface area (TPSA) is 33.0 Å². The normalized spacial score (nSPS) is 22.4. The molecule has 0 aromatic heterocycles. The maximum absolute atomic E-state index is 13.5. The number of nitriles is 1. The minimum atomic E-state index is -2.23. The Morgan fingerprint density at radius 2 is 1.35 bits per heavy atom. The van der Waals surface area contributed by atoms with Crippen molar-refractivity contribution in [2.45, 2.75) is 31.8 Å². The highest BCUT2D eigenvalue weighted by Crippen LogP contribution is 2.33. The van der Waals surface area contributed by atoms with Crippen molar-refractivity contribution in [3.05, 3.63) is 29.1 Å². The summed E-state index contributed by atoms with van der Waals surface area (Å²) in [4.78, 5) is 0. The summed E-state index contributed by atoms with van der Waals surface area (Å²) in [5.41, 5.74) is 0. The molecule has 0 bridgehead atoms. The molecule has 2 rings (SSSR count). The molecule has 2 atom stereocenters. The van der Waals surface area contributed by atoms with E-state index >= 15 is 0 Å². The largest absolute Gasteiger partial charge is 0.483 e. The zero-order chi connectivity index (χ0) is 14.9. The van der Waals surface area contributed by atoms with Crippen LogP contribution in [0.3, 0.4) is 0 Å². The van der Waals surface area contributed by atoms with Crippen molar-refractivity contribution < 1.29 is 26.7 Å². The van der Waals surface area contributed by atoms with Crippen LogP contribution in [-0.4, -0.2) is 6.10 Å². The van der Waals surface area contributed by atoms with Gasteiger partial charge in [-0.2, -0.15) is 14.0 Å². The van der Waals surface area contributed by atoms with E-state index in [2.05, 4.69) is 0 Å². The van der Waals surface area contributed by atoms with Crippen LogP contribution in [0.1, 0.15) is 25.7 Å². The van der Waals surface area contributed by atoms with E-state index in [1.54, 1.807) is 0 Å². The van der Waals surface area contributed by atoms with Gasteiger partial charge >= 0.3 is 0 Å². The van der Waals surface area contributed by atoms with Crippen LogP contribution in [0.15, 0.2) is 0 Å². The molecule has 1 aliphatic rings. The Morgan fingerprint density at radius 3 is 1.90 bits per heavy atom. The Kier molecular flexibility index (Phi) is 4.12. The molecule has 0 radical (unpaired) electrons. The maximum atomic E-state index is 13.5. The van der Waals surface area contributed by atoms with Crippen molar-refractivity contribution in [2.75, 3.05) is 0 Å². The number of benzene rings is 1. The Labute approximate surface area is 111 Å². The van der Waals surface area contributed by atoms with Gasteiger partial charge in [0.25, 0.3) is 0 Å². The SMILES string of the molecule is N#CC1CCCCC1Oc1c(F)c(F)c(F)c(F)c1F. The summed E-state index contributed by atoms with van der Waals surface area (Å²) >= 11 is 0. The van der Waals surface area contributed by atoms with Crippen molar-refractivity contribution in [2.24, 2.45) is 5.92 Å². The number of rotatable bonds is 2. The molecule has 0 N–H and O–H groups in total. The van der Waals surface area contributed by atoms with E-state index in [0.717, 1.165) is 6.42 Å². The molecule has 108 valence electrons. The highest BCUT2D eigenvalue weighted by molar-refractivity contribution is 5.30. The molecule has 1 fully saturated rings. The van der Waals surface area contributed by atoms with Crippen molar-refractivity contribution in [1.82, 2.24) is 0 Å². The van der Waals surface area contributed by atoms with E-state index in [-0.39, 0.29) is 0 Å². The van der Waals surface area contributed by atoms with E-state index in [0.29, 0.717) is 19.3 Å². The van der Waals surface area contributed by atoms with Crippen molar-refractivity contribution >= 4 is 0 Å². The number of halogens is 5. The van der Waals surface area contributed by atoms with Crippen LogP contribution in [0.4, 0.5) is 22.0 Å². The third-order valence-corrected chi connectivity index (χ3v) is 3.31. The summed E-state index contributed by atoms with van der Waals surface area (Å²) in [6.07, 6.45) is 1.35. The van der Waals surface area contributed by atoms with Crippen molar-refractivity contribution in [3.8, 4) is 11.8 Å². The second kappa shape index (κ2) is 5.65. The summed E-state index contributed by atoms with van der Waals surface area (Å²) in [7, 11) is 0. The number of nitrogens with zero attached hydrogens (tertiary/aromatic N) is 1. The van der Waals surface area contributed by atoms with E-state index in [1.807, 2.05) is 6.07 Å². The molecule has 0 amide bonds. The Bertz CT molecular complexity index is 540. The summed E-state index contributed by atoms with van der Waals surface area (Å²) in [5.74, 6) is -12.3. The van der Waals surface area contributed by atoms with Gasteiger partial charge in [-0.3, -0.25) is 0 Å². The molecule has 0 saturated heterocycles. The van der Waals surface area contributed by atoms with Gasteiger partial charge in [0.1, 0.15) is 6.10 Å². The van der Waals surface area contributed by atoms with E-state index in [9.17, 15) is 22.0 Å². The maximum Gasteiger partial charge on any atom is 0.207 e. The zero-order valence-electron chi connectivity index (χ0n) is 10.2. The van der Waals surface area contributed by atoms with Crippen LogP contribution in [-0.2, 0) is 0 Å². The third kappa shape index (κ3) is 2.42. The monoisotopic (exact) mass is 291 g/mol. The van der Waals surface area contributed by atoms with Crippen LogP contribution < -0.4 is 4.74 Å². The molecule has 20 heavy (non-hydrogen) atoms. The lowest BCUT2D eigenvalue weighted by Gasteiger charge is -2.27. The molecular formula is C13H10F5NO. The third-order valence-electron chi connectivity index (χ3n) is 3.31. The average molecular weight is 291 g/mol. The van der Waals surface area contributed by atoms with Crippen LogP contribution >= 0.6 is 0 Å². The lowest BCUT2D eigenvalue weighted by molar-refractivity contribution is 0.106. The van der Waals surface area contributed by atoms with Gasteiger partial charge in [-0.05, 0) is 19.3 Å². The van der Waals surface area contributed by atoms with Gasteiger partial charge in [0, 0.05) is 0 Å². The summed E-state index contributed by atoms with van der Waals surface area (Å²) < 4.78 is 70.8. The minimum Gasteiger partial charge on any atom is -0.483 e. The lowest BCUT2D eigenvalue weighted by Crippen LogP contribution is -2.30. The highest BCUT2D eigenvalue weighted by Gasteiger charge is 2.32. The fourth-order valence-corrected chi connectivity index (χ4v) is 2.23. The quantitative estimate of drug-likeness (QED) is 0.471. The Morgan fingerprint density at radius 1 is 0.850 bits per heavy atom. The van der Waals surface area contributed by atoms with Gasteiger partial charge < -0.3 is 4.74 Å². The molecule has 7 heteroatoms. The molecule has 0 aliphatic heterocycles. The summed E-state index contributed by atoms with van der Waals surface area (Å²) in [6.45, 7) is 0. The molecule has 1 aromatic rings. The standard InChI is InChI=1S/C13H10F5NO/c14-8-9(15)11(17)13(12(18)10(8)16)20-7-4-2-1-3-6(7)5-19/h6-7H,1-4H2. The van der Waals surface area contributed by atoms with Gasteiger partial charge in [0.2, 0.25) is 29.1 Å². The Balaban J connectivity index is 2.36. The van der Waals surface area contributed by atoms with Gasteiger partial charge in [-0.1, -0.05) is 6.42 Å². The van der Waals surface area contributed by atoms with Crippen molar-refractivity contribution in [1.29, 1.82) is 5.26 Å². The number of hydrogen-bond acceptors (Lipinski definition) is 2. The van der Waals surface area contributed by atoms with E-state index in [1.165, 1.54) is 0 Å². The smallest absolute Gasteiger partial charge is 0.207 e. The minimum absolute atomic E-state index is 0.331. The molecule has 2 nitrogen and oxygen atoms in total. The summed E-state index contributed by atoms with van der Waals surface area (Å²) in [5, 5.41) is 8.91. The second-order valence-corrected chi connectivity index (χ2v) is 4.58. The molecule has 2 unspecified atom stereocenters. The molecule has 0 heterocycles. The fraction of sp³-hybridized carbons (Fsp3) is 0.462. The predicted octanol–water partition coefficient (Wildman–Crippen LogP) is 3.84. The first-order chi connectivity index (χ1) is 9.47. The van der Waals surface area contributed by atoms with Crippen LogP contribution in [0, 0.1) is 46.3 Å². The van der Waals surface area contributed by atoms with Crippen LogP contribution in [0.5, 0.6) is 5.75 Å².